The molecule has 1 aliphatic rings. The second-order valence-corrected chi connectivity index (χ2v) is 5.49. The van der Waals surface area contributed by atoms with Crippen LogP contribution in [0.5, 0.6) is 0 Å². The Bertz CT molecular complexity index is 323. The lowest BCUT2D eigenvalue weighted by atomic mass is 10.2. The van der Waals surface area contributed by atoms with Gasteiger partial charge in [-0.05, 0) is 19.4 Å². The van der Waals surface area contributed by atoms with Gasteiger partial charge in [0, 0.05) is 12.6 Å². The summed E-state index contributed by atoms with van der Waals surface area (Å²) in [4.78, 5) is 0. The molecule has 0 aromatic rings. The molecule has 0 aromatic carbocycles. The summed E-state index contributed by atoms with van der Waals surface area (Å²) in [5.41, 5.74) is 0. The first kappa shape index (κ1) is 14.7. The van der Waals surface area contributed by atoms with Crippen LogP contribution in [0.1, 0.15) is 19.3 Å². The van der Waals surface area contributed by atoms with Crippen molar-refractivity contribution in [3.63, 3.8) is 0 Å². The molecule has 1 unspecified atom stereocenters. The predicted molar refractivity (Wildman–Crippen MR) is 56.6 cm³/mol. The van der Waals surface area contributed by atoms with E-state index in [0.29, 0.717) is 13.0 Å². The van der Waals surface area contributed by atoms with E-state index in [-0.39, 0.29) is 6.04 Å². The van der Waals surface area contributed by atoms with Crippen LogP contribution in [0.3, 0.4) is 0 Å². The molecule has 0 bridgehead atoms. The number of nitrogens with one attached hydrogen (secondary N) is 3. The van der Waals surface area contributed by atoms with Crippen LogP contribution in [0.25, 0.3) is 0 Å². The van der Waals surface area contributed by atoms with Crippen LogP contribution in [0.2, 0.25) is 0 Å². The van der Waals surface area contributed by atoms with Crippen molar-refractivity contribution in [1.82, 2.24) is 14.8 Å². The van der Waals surface area contributed by atoms with Crippen LogP contribution in [-0.4, -0.2) is 40.3 Å². The van der Waals surface area contributed by atoms with E-state index in [4.69, 9.17) is 0 Å². The summed E-state index contributed by atoms with van der Waals surface area (Å²) in [5.74, 6) is 0. The van der Waals surface area contributed by atoms with Gasteiger partial charge in [0.2, 0.25) is 0 Å². The van der Waals surface area contributed by atoms with Gasteiger partial charge in [0.25, 0.3) is 10.2 Å². The van der Waals surface area contributed by atoms with E-state index >= 15 is 0 Å². The molecule has 0 amide bonds. The van der Waals surface area contributed by atoms with E-state index in [0.717, 1.165) is 19.4 Å². The number of rotatable bonds is 4. The minimum Gasteiger partial charge on any atom is -0.315 e. The van der Waals surface area contributed by atoms with Gasteiger partial charge in [-0.15, -0.1) is 0 Å². The standard InChI is InChI=1S/C8H16F3N3O2S/c9-8(10,11)6-13-17(15,16)14-7-3-1-2-4-12-5-7/h7,12-14H,1-6H2. The third kappa shape index (κ3) is 6.81. The van der Waals surface area contributed by atoms with Crippen LogP contribution in [0, 0.1) is 0 Å². The molecule has 0 radical (unpaired) electrons. The van der Waals surface area contributed by atoms with Crippen molar-refractivity contribution in [2.24, 2.45) is 0 Å². The smallest absolute Gasteiger partial charge is 0.315 e. The van der Waals surface area contributed by atoms with Crippen LogP contribution in [0.15, 0.2) is 0 Å². The highest BCUT2D eigenvalue weighted by atomic mass is 32.2. The van der Waals surface area contributed by atoms with Crippen LogP contribution in [-0.2, 0) is 10.2 Å². The van der Waals surface area contributed by atoms with Crippen molar-refractivity contribution in [3.05, 3.63) is 0 Å². The zero-order valence-electron chi connectivity index (χ0n) is 9.18. The average Bonchev–Trinajstić information content (AvgIpc) is 2.42. The molecule has 9 heteroatoms. The Morgan fingerprint density at radius 1 is 1.29 bits per heavy atom. The third-order valence-electron chi connectivity index (χ3n) is 2.33. The first-order valence-electron chi connectivity index (χ1n) is 5.33. The molecule has 0 saturated carbocycles. The Hall–Kier alpha value is -0.380. The zero-order valence-corrected chi connectivity index (χ0v) is 10.00. The molecule has 1 saturated heterocycles. The molecule has 102 valence electrons. The monoisotopic (exact) mass is 275 g/mol. The molecule has 1 atom stereocenters. The molecule has 1 heterocycles. The van der Waals surface area contributed by atoms with Gasteiger partial charge in [0.05, 0.1) is 0 Å². The molecule has 5 nitrogen and oxygen atoms in total. The lowest BCUT2D eigenvalue weighted by Gasteiger charge is -2.17. The van der Waals surface area contributed by atoms with Crippen molar-refractivity contribution in [2.75, 3.05) is 19.6 Å². The van der Waals surface area contributed by atoms with E-state index in [1.165, 1.54) is 4.72 Å². The van der Waals surface area contributed by atoms with Crippen molar-refractivity contribution in [2.45, 2.75) is 31.5 Å². The van der Waals surface area contributed by atoms with Crippen molar-refractivity contribution < 1.29 is 21.6 Å². The summed E-state index contributed by atoms with van der Waals surface area (Å²) in [6.45, 7) is -0.316. The number of hydrogen-bond donors (Lipinski definition) is 3. The van der Waals surface area contributed by atoms with Gasteiger partial charge in [0.15, 0.2) is 0 Å². The molecule has 17 heavy (non-hydrogen) atoms. The third-order valence-corrected chi connectivity index (χ3v) is 3.50. The molecule has 0 aliphatic carbocycles. The van der Waals surface area contributed by atoms with Gasteiger partial charge >= 0.3 is 6.18 Å². The fourth-order valence-electron chi connectivity index (χ4n) is 1.56. The highest BCUT2D eigenvalue weighted by Crippen LogP contribution is 2.12. The van der Waals surface area contributed by atoms with E-state index in [1.807, 2.05) is 0 Å². The second-order valence-electron chi connectivity index (χ2n) is 3.95. The zero-order chi connectivity index (χ0) is 12.9. The SMILES string of the molecule is O=S(=O)(NCC(F)(F)F)NC1CCCCNC1. The highest BCUT2D eigenvalue weighted by Gasteiger charge is 2.30. The molecular weight excluding hydrogens is 259 g/mol. The molecule has 1 rings (SSSR count). The van der Waals surface area contributed by atoms with Gasteiger partial charge in [-0.3, -0.25) is 0 Å². The summed E-state index contributed by atoms with van der Waals surface area (Å²) in [5, 5.41) is 3.02. The van der Waals surface area contributed by atoms with Gasteiger partial charge in [0.1, 0.15) is 6.54 Å². The number of hydrogen-bond acceptors (Lipinski definition) is 3. The summed E-state index contributed by atoms with van der Waals surface area (Å²) in [6, 6.07) is -0.358. The Morgan fingerprint density at radius 2 is 2.00 bits per heavy atom. The highest BCUT2D eigenvalue weighted by molar-refractivity contribution is 7.87. The first-order valence-corrected chi connectivity index (χ1v) is 6.81. The van der Waals surface area contributed by atoms with E-state index in [9.17, 15) is 21.6 Å². The topological polar surface area (TPSA) is 70.2 Å². The van der Waals surface area contributed by atoms with E-state index < -0.39 is 22.9 Å². The lowest BCUT2D eigenvalue weighted by molar-refractivity contribution is -0.121. The number of alkyl halides is 3. The van der Waals surface area contributed by atoms with Crippen LogP contribution in [0.4, 0.5) is 13.2 Å². The van der Waals surface area contributed by atoms with Gasteiger partial charge in [-0.1, -0.05) is 6.42 Å². The van der Waals surface area contributed by atoms with Crippen molar-refractivity contribution >= 4 is 10.2 Å². The van der Waals surface area contributed by atoms with E-state index in [2.05, 4.69) is 10.0 Å². The molecule has 1 aliphatic heterocycles. The summed E-state index contributed by atoms with van der Waals surface area (Å²) in [7, 11) is -4.09. The Kier molecular flexibility index (Phi) is 5.17. The first-order chi connectivity index (χ1) is 7.79. The molecule has 1 fully saturated rings. The fraction of sp³-hybridized carbons (Fsp3) is 1.00. The maximum atomic E-state index is 11.9. The summed E-state index contributed by atoms with van der Waals surface area (Å²) >= 11 is 0. The predicted octanol–water partition coefficient (Wildman–Crippen LogP) is 0.115. The van der Waals surface area contributed by atoms with Gasteiger partial charge in [-0.2, -0.15) is 31.0 Å². The van der Waals surface area contributed by atoms with Gasteiger partial charge < -0.3 is 5.32 Å². The number of halogens is 3. The summed E-state index contributed by atoms with van der Waals surface area (Å²) in [6.07, 6.45) is -2.13. The Labute approximate surface area is 98.3 Å². The largest absolute Gasteiger partial charge is 0.402 e. The quantitative estimate of drug-likeness (QED) is 0.682. The normalized spacial score (nSPS) is 23.4. The molecule has 0 aromatic heterocycles. The minimum absolute atomic E-state index is 0.358. The molecular formula is C8H16F3N3O2S. The van der Waals surface area contributed by atoms with Crippen LogP contribution < -0.4 is 14.8 Å². The maximum absolute atomic E-state index is 11.9. The van der Waals surface area contributed by atoms with E-state index in [1.54, 1.807) is 0 Å². The van der Waals surface area contributed by atoms with Crippen molar-refractivity contribution in [3.8, 4) is 0 Å². The Morgan fingerprint density at radius 3 is 2.65 bits per heavy atom. The lowest BCUT2D eigenvalue weighted by Crippen LogP contribution is -2.48. The molecule has 3 N–H and O–H groups in total. The molecule has 0 spiro atoms. The Balaban J connectivity index is 2.42. The fourth-order valence-corrected chi connectivity index (χ4v) is 2.63. The van der Waals surface area contributed by atoms with Crippen molar-refractivity contribution in [1.29, 1.82) is 0 Å². The minimum atomic E-state index is -4.55. The van der Waals surface area contributed by atoms with Gasteiger partial charge in [-0.25, -0.2) is 0 Å². The van der Waals surface area contributed by atoms with Crippen LogP contribution >= 0.6 is 0 Å². The second kappa shape index (κ2) is 5.98. The maximum Gasteiger partial charge on any atom is 0.402 e. The average molecular weight is 275 g/mol. The summed E-state index contributed by atoms with van der Waals surface area (Å²) < 4.78 is 61.9.